The van der Waals surface area contributed by atoms with E-state index >= 15 is 0 Å². The van der Waals surface area contributed by atoms with Crippen molar-refractivity contribution >= 4 is 45.9 Å². The van der Waals surface area contributed by atoms with Crippen LogP contribution in [0.5, 0.6) is 0 Å². The van der Waals surface area contributed by atoms with E-state index in [2.05, 4.69) is 39.0 Å². The van der Waals surface area contributed by atoms with Gasteiger partial charge in [0.25, 0.3) is 0 Å². The summed E-state index contributed by atoms with van der Waals surface area (Å²) in [5.74, 6) is 3.21. The summed E-state index contributed by atoms with van der Waals surface area (Å²) in [5, 5.41) is 3.18. The summed E-state index contributed by atoms with van der Waals surface area (Å²) < 4.78 is 0.903. The highest BCUT2D eigenvalue weighted by Crippen LogP contribution is 2.25. The molecule has 0 saturated carbocycles. The fourth-order valence-corrected chi connectivity index (χ4v) is 4.39. The Balaban J connectivity index is 1.62. The van der Waals surface area contributed by atoms with Crippen molar-refractivity contribution in [1.82, 2.24) is 19.9 Å². The first-order valence-corrected chi connectivity index (χ1v) is 10.5. The van der Waals surface area contributed by atoms with Crippen molar-refractivity contribution in [2.24, 2.45) is 11.8 Å². The molecule has 0 radical (unpaired) electrons. The fraction of sp³-hybridized carbons (Fsp3) is 0.474. The van der Waals surface area contributed by atoms with Gasteiger partial charge in [-0.25, -0.2) is 0 Å². The molecule has 3 rings (SSSR count). The molecule has 2 atom stereocenters. The third-order valence-electron chi connectivity index (χ3n) is 4.46. The van der Waals surface area contributed by atoms with E-state index in [1.54, 1.807) is 11.8 Å². The lowest BCUT2D eigenvalue weighted by Gasteiger charge is -2.36. The summed E-state index contributed by atoms with van der Waals surface area (Å²) in [6.07, 6.45) is 1.27. The van der Waals surface area contributed by atoms with E-state index in [1.165, 1.54) is 12.0 Å². The van der Waals surface area contributed by atoms with Gasteiger partial charge in [0.1, 0.15) is 10.1 Å². The maximum absolute atomic E-state index is 5.87. The van der Waals surface area contributed by atoms with Gasteiger partial charge in [-0.3, -0.25) is 0 Å². The second kappa shape index (κ2) is 8.84. The lowest BCUT2D eigenvalue weighted by Crippen LogP contribution is -2.40. The Morgan fingerprint density at radius 3 is 2.52 bits per heavy atom. The molecular weight excluding hydrogens is 376 g/mol. The number of hydrogen-bond donors (Lipinski definition) is 2. The number of aryl methyl sites for hydroxylation is 1. The number of nitrogens with zero attached hydrogens (tertiary/aromatic N) is 4. The number of benzene rings is 1. The van der Waals surface area contributed by atoms with E-state index < -0.39 is 0 Å². The van der Waals surface area contributed by atoms with Crippen LogP contribution in [0.1, 0.15) is 31.7 Å². The molecule has 0 bridgehead atoms. The summed E-state index contributed by atoms with van der Waals surface area (Å²) in [6, 6.07) is 8.03. The first-order chi connectivity index (χ1) is 12.9. The number of hydrogen-bond acceptors (Lipinski definition) is 7. The molecule has 1 aliphatic rings. The number of thiocarbonyl (C=S) groups is 1. The van der Waals surface area contributed by atoms with Crippen LogP contribution < -0.4 is 11.1 Å². The normalized spacial score (nSPS) is 19.7. The topological polar surface area (TPSA) is 80.0 Å². The van der Waals surface area contributed by atoms with Gasteiger partial charge in [-0.15, -0.1) is 0 Å². The Hall–Kier alpha value is -1.93. The zero-order chi connectivity index (χ0) is 19.4. The van der Waals surface area contributed by atoms with Crippen molar-refractivity contribution < 1.29 is 0 Å². The lowest BCUT2D eigenvalue weighted by molar-refractivity contribution is 0.219. The SMILES string of the molecule is Cc1ccc(Nc2nc(N)nc(CSC(=S)N3CC(C)CC(C)C3)n2)cc1. The smallest absolute Gasteiger partial charge is 0.232 e. The monoisotopic (exact) mass is 402 g/mol. The molecule has 27 heavy (non-hydrogen) atoms. The summed E-state index contributed by atoms with van der Waals surface area (Å²) >= 11 is 7.22. The molecule has 2 unspecified atom stereocenters. The molecule has 6 nitrogen and oxygen atoms in total. The maximum Gasteiger partial charge on any atom is 0.232 e. The highest BCUT2D eigenvalue weighted by molar-refractivity contribution is 8.22. The van der Waals surface area contributed by atoms with Crippen LogP contribution in [0.25, 0.3) is 0 Å². The Labute approximate surface area is 170 Å². The highest BCUT2D eigenvalue weighted by Gasteiger charge is 2.23. The number of rotatable bonds is 4. The number of nitrogen functional groups attached to an aromatic ring is 1. The maximum atomic E-state index is 5.87. The largest absolute Gasteiger partial charge is 0.368 e. The number of aromatic nitrogens is 3. The van der Waals surface area contributed by atoms with E-state index in [-0.39, 0.29) is 5.95 Å². The third-order valence-corrected chi connectivity index (χ3v) is 5.98. The van der Waals surface area contributed by atoms with Crippen LogP contribution in [0.4, 0.5) is 17.6 Å². The molecule has 1 saturated heterocycles. The van der Waals surface area contributed by atoms with Crippen molar-refractivity contribution in [1.29, 1.82) is 0 Å². The number of anilines is 3. The van der Waals surface area contributed by atoms with E-state index in [9.17, 15) is 0 Å². The molecule has 1 fully saturated rings. The molecular formula is C19H26N6S2. The predicted molar refractivity (Wildman–Crippen MR) is 117 cm³/mol. The lowest BCUT2D eigenvalue weighted by atomic mass is 9.92. The van der Waals surface area contributed by atoms with Crippen LogP contribution in [-0.4, -0.2) is 37.3 Å². The number of likely N-dealkylation sites (tertiary alicyclic amines) is 1. The molecule has 1 aromatic heterocycles. The van der Waals surface area contributed by atoms with Crippen molar-refractivity contribution in [3.05, 3.63) is 35.7 Å². The summed E-state index contributed by atoms with van der Waals surface area (Å²) in [4.78, 5) is 15.2. The van der Waals surface area contributed by atoms with Crippen LogP contribution in [0.3, 0.4) is 0 Å². The average Bonchev–Trinajstić information content (AvgIpc) is 2.60. The van der Waals surface area contributed by atoms with Gasteiger partial charge in [0, 0.05) is 18.8 Å². The molecule has 0 aliphatic carbocycles. The molecule has 3 N–H and O–H groups in total. The van der Waals surface area contributed by atoms with E-state index in [1.807, 2.05) is 31.2 Å². The Kier molecular flexibility index (Phi) is 6.49. The first kappa shape index (κ1) is 19.8. The Bertz CT molecular complexity index is 785. The summed E-state index contributed by atoms with van der Waals surface area (Å²) in [7, 11) is 0. The summed E-state index contributed by atoms with van der Waals surface area (Å²) in [5.41, 5.74) is 7.98. The average molecular weight is 403 g/mol. The number of piperidine rings is 1. The first-order valence-electron chi connectivity index (χ1n) is 9.15. The van der Waals surface area contributed by atoms with Gasteiger partial charge in [-0.1, -0.05) is 55.5 Å². The van der Waals surface area contributed by atoms with Crippen molar-refractivity contribution in [3.8, 4) is 0 Å². The second-order valence-electron chi connectivity index (χ2n) is 7.33. The molecule has 2 aromatic rings. The summed E-state index contributed by atoms with van der Waals surface area (Å²) in [6.45, 7) is 8.66. The molecule has 1 aromatic carbocycles. The van der Waals surface area contributed by atoms with Gasteiger partial charge < -0.3 is 16.0 Å². The number of nitrogens with one attached hydrogen (secondary N) is 1. The van der Waals surface area contributed by atoms with Crippen molar-refractivity contribution in [2.45, 2.75) is 32.9 Å². The van der Waals surface area contributed by atoms with Crippen molar-refractivity contribution in [3.63, 3.8) is 0 Å². The van der Waals surface area contributed by atoms with Crippen LogP contribution in [0, 0.1) is 18.8 Å². The number of thioether (sulfide) groups is 1. The highest BCUT2D eigenvalue weighted by atomic mass is 32.2. The molecule has 0 amide bonds. The van der Waals surface area contributed by atoms with Gasteiger partial charge in [-0.05, 0) is 37.3 Å². The van der Waals surface area contributed by atoms with Gasteiger partial charge in [0.15, 0.2) is 0 Å². The minimum Gasteiger partial charge on any atom is -0.368 e. The minimum absolute atomic E-state index is 0.210. The van der Waals surface area contributed by atoms with Crippen LogP contribution in [-0.2, 0) is 5.75 Å². The van der Waals surface area contributed by atoms with Gasteiger partial charge in [0.2, 0.25) is 11.9 Å². The molecule has 2 heterocycles. The van der Waals surface area contributed by atoms with Crippen LogP contribution >= 0.6 is 24.0 Å². The molecule has 1 aliphatic heterocycles. The fourth-order valence-electron chi connectivity index (χ4n) is 3.35. The van der Waals surface area contributed by atoms with Gasteiger partial charge in [-0.2, -0.15) is 15.0 Å². The standard InChI is InChI=1S/C19H26N6S2/c1-12-4-6-15(7-5-12)21-18-23-16(22-17(20)24-18)11-27-19(26)25-9-13(2)8-14(3)10-25/h4-7,13-14H,8-11H2,1-3H3,(H3,20,21,22,23,24). The zero-order valence-corrected chi connectivity index (χ0v) is 17.6. The zero-order valence-electron chi connectivity index (χ0n) is 16.0. The van der Waals surface area contributed by atoms with E-state index in [0.29, 0.717) is 29.4 Å². The quantitative estimate of drug-likeness (QED) is 0.743. The van der Waals surface area contributed by atoms with Crippen LogP contribution in [0.15, 0.2) is 24.3 Å². The van der Waals surface area contributed by atoms with E-state index in [0.717, 1.165) is 23.1 Å². The van der Waals surface area contributed by atoms with Crippen molar-refractivity contribution in [2.75, 3.05) is 24.1 Å². The number of nitrogens with two attached hydrogens (primary N) is 1. The molecule has 144 valence electrons. The minimum atomic E-state index is 0.210. The third kappa shape index (κ3) is 5.77. The van der Waals surface area contributed by atoms with Gasteiger partial charge >= 0.3 is 0 Å². The van der Waals surface area contributed by atoms with E-state index in [4.69, 9.17) is 18.0 Å². The Morgan fingerprint density at radius 2 is 1.85 bits per heavy atom. The predicted octanol–water partition coefficient (Wildman–Crippen LogP) is 4.00. The van der Waals surface area contributed by atoms with Gasteiger partial charge in [0.05, 0.1) is 5.75 Å². The Morgan fingerprint density at radius 1 is 1.19 bits per heavy atom. The molecule has 8 heteroatoms. The van der Waals surface area contributed by atoms with Crippen LogP contribution in [0.2, 0.25) is 0 Å². The second-order valence-corrected chi connectivity index (χ2v) is 8.94. The molecule has 0 spiro atoms.